The second-order valence-electron chi connectivity index (χ2n) is 18.8. The van der Waals surface area contributed by atoms with E-state index in [9.17, 15) is 5.11 Å². The summed E-state index contributed by atoms with van der Waals surface area (Å²) in [5.74, 6) is 1.03. The van der Waals surface area contributed by atoms with Crippen LogP contribution in [0.3, 0.4) is 0 Å². The molecule has 0 atom stereocenters. The zero-order chi connectivity index (χ0) is 49.4. The average Bonchev–Trinajstić information content (AvgIpc) is 3.67. The Morgan fingerprint density at radius 1 is 0.661 bits per heavy atom. The predicted octanol–water partition coefficient (Wildman–Crippen LogP) is 15.4. The SMILES string of the molecule is [2H]c1c([2H])c(C([2H])([2H])[2H])c([2H])c([2H])c1-c1ccnc(-c2[c-]c(-c3cccc4c3nc(-c3cc(C(C)C)cc(C(C)C)c3O)n4-c3cc(-c4ccccc4)cc(C(C)(C)C)c3)cc(C(C)(C)C)c2)c1.[Pt]. The Bertz CT molecular complexity index is 3220. The van der Waals surface area contributed by atoms with Crippen LogP contribution in [0.4, 0.5) is 0 Å². The molecule has 62 heavy (non-hydrogen) atoms. The van der Waals surface area contributed by atoms with Crippen LogP contribution < -0.4 is 0 Å². The van der Waals surface area contributed by atoms with Crippen molar-refractivity contribution in [3.8, 4) is 67.5 Å². The van der Waals surface area contributed by atoms with Gasteiger partial charge in [0.05, 0.1) is 22.1 Å². The number of para-hydroxylation sites is 1. The van der Waals surface area contributed by atoms with Crippen LogP contribution in [0.1, 0.15) is 118 Å². The van der Waals surface area contributed by atoms with Gasteiger partial charge in [-0.05, 0) is 98.8 Å². The molecule has 0 amide bonds. The van der Waals surface area contributed by atoms with E-state index in [1.165, 1.54) is 0 Å². The Hall–Kier alpha value is -5.57. The summed E-state index contributed by atoms with van der Waals surface area (Å²) in [4.78, 5) is 10.3. The maximum atomic E-state index is 12.3. The number of rotatable bonds is 8. The summed E-state index contributed by atoms with van der Waals surface area (Å²) in [5.41, 5.74) is 11.2. The molecule has 0 radical (unpaired) electrons. The number of benzene rings is 6. The molecule has 1 N–H and O–H groups in total. The molecule has 0 saturated carbocycles. The molecule has 5 heteroatoms. The predicted molar refractivity (Wildman–Crippen MR) is 257 cm³/mol. The van der Waals surface area contributed by atoms with Gasteiger partial charge in [-0.2, -0.15) is 0 Å². The minimum Gasteiger partial charge on any atom is -0.507 e. The Morgan fingerprint density at radius 3 is 2.02 bits per heavy atom. The summed E-state index contributed by atoms with van der Waals surface area (Å²) < 4.78 is 60.7. The van der Waals surface area contributed by atoms with E-state index in [0.29, 0.717) is 33.7 Å². The molecule has 2 aromatic heterocycles. The molecule has 2 heterocycles. The molecule has 0 fully saturated rings. The van der Waals surface area contributed by atoms with Crippen LogP contribution in [0, 0.1) is 12.9 Å². The fourth-order valence-corrected chi connectivity index (χ4v) is 7.83. The Morgan fingerprint density at radius 2 is 1.35 bits per heavy atom. The number of fused-ring (bicyclic) bond motifs is 1. The van der Waals surface area contributed by atoms with Crippen LogP contribution >= 0.6 is 0 Å². The van der Waals surface area contributed by atoms with Crippen molar-refractivity contribution in [2.24, 2.45) is 0 Å². The van der Waals surface area contributed by atoms with Crippen LogP contribution in [-0.2, 0) is 31.9 Å². The summed E-state index contributed by atoms with van der Waals surface area (Å²) in [6.07, 6.45) is 1.55. The molecule has 6 aromatic carbocycles. The van der Waals surface area contributed by atoms with E-state index < -0.39 is 36.6 Å². The zero-order valence-corrected chi connectivity index (χ0v) is 39.4. The molecule has 0 saturated heterocycles. The largest absolute Gasteiger partial charge is 0.507 e. The molecule has 0 bridgehead atoms. The monoisotopic (exact) mass is 1000 g/mol. The third-order valence-electron chi connectivity index (χ3n) is 11.5. The third kappa shape index (κ3) is 8.86. The smallest absolute Gasteiger partial charge is 0.148 e. The number of imidazole rings is 1. The van der Waals surface area contributed by atoms with E-state index in [1.807, 2.05) is 36.4 Å². The summed E-state index contributed by atoms with van der Waals surface area (Å²) in [5, 5.41) is 12.3. The van der Waals surface area contributed by atoms with Crippen molar-refractivity contribution in [3.05, 3.63) is 167 Å². The fourth-order valence-electron chi connectivity index (χ4n) is 7.83. The van der Waals surface area contributed by atoms with E-state index in [2.05, 4.69) is 134 Å². The summed E-state index contributed by atoms with van der Waals surface area (Å²) in [7, 11) is 0. The first-order valence-corrected chi connectivity index (χ1v) is 21.1. The van der Waals surface area contributed by atoms with Crippen molar-refractivity contribution in [1.29, 1.82) is 0 Å². The van der Waals surface area contributed by atoms with Gasteiger partial charge in [0.2, 0.25) is 0 Å². The quantitative estimate of drug-likeness (QED) is 0.154. The first kappa shape index (κ1) is 36.0. The number of hydrogen-bond acceptors (Lipinski definition) is 3. The van der Waals surface area contributed by atoms with Gasteiger partial charge in [0.25, 0.3) is 0 Å². The zero-order valence-electron chi connectivity index (χ0n) is 44.2. The van der Waals surface area contributed by atoms with E-state index >= 15 is 0 Å². The molecular weight excluding hydrogens is 938 g/mol. The van der Waals surface area contributed by atoms with Crippen molar-refractivity contribution < 1.29 is 35.8 Å². The van der Waals surface area contributed by atoms with Crippen LogP contribution in [0.15, 0.2) is 133 Å². The normalized spacial score (nSPS) is 13.8. The van der Waals surface area contributed by atoms with Crippen molar-refractivity contribution in [2.75, 3.05) is 0 Å². The van der Waals surface area contributed by atoms with Gasteiger partial charge >= 0.3 is 0 Å². The van der Waals surface area contributed by atoms with Crippen LogP contribution in [0.2, 0.25) is 0 Å². The van der Waals surface area contributed by atoms with Crippen molar-refractivity contribution in [3.63, 3.8) is 0 Å². The molecule has 0 aliphatic carbocycles. The van der Waals surface area contributed by atoms with Crippen LogP contribution in [0.25, 0.3) is 72.7 Å². The van der Waals surface area contributed by atoms with Gasteiger partial charge < -0.3 is 5.11 Å². The van der Waals surface area contributed by atoms with Crippen LogP contribution in [-0.4, -0.2) is 19.6 Å². The van der Waals surface area contributed by atoms with Gasteiger partial charge in [0.1, 0.15) is 11.6 Å². The second kappa shape index (κ2) is 17.3. The molecule has 0 aliphatic rings. The number of phenolic OH excluding ortho intramolecular Hbond substituents is 1. The van der Waals surface area contributed by atoms with Crippen molar-refractivity contribution in [2.45, 2.75) is 98.8 Å². The van der Waals surface area contributed by atoms with Crippen molar-refractivity contribution >= 4 is 11.0 Å². The van der Waals surface area contributed by atoms with Gasteiger partial charge in [0, 0.05) is 42.8 Å². The minimum absolute atomic E-state index is 0. The summed E-state index contributed by atoms with van der Waals surface area (Å²) in [6, 6.07) is 36.4. The number of phenols is 1. The number of aromatic hydroxyl groups is 1. The molecule has 8 rings (SSSR count). The molecule has 0 aliphatic heterocycles. The summed E-state index contributed by atoms with van der Waals surface area (Å²) in [6.45, 7) is 18.7. The molecule has 318 valence electrons. The topological polar surface area (TPSA) is 50.9 Å². The molecule has 8 aromatic rings. The van der Waals surface area contributed by atoms with Crippen molar-refractivity contribution in [1.82, 2.24) is 14.5 Å². The Kier molecular flexibility index (Phi) is 10.0. The maximum absolute atomic E-state index is 12.3. The van der Waals surface area contributed by atoms with Gasteiger partial charge in [-0.1, -0.05) is 171 Å². The Balaban J connectivity index is 0.00000703. The van der Waals surface area contributed by atoms with E-state index in [0.717, 1.165) is 55.7 Å². The first-order chi connectivity index (χ1) is 31.8. The van der Waals surface area contributed by atoms with Gasteiger partial charge in [-0.15, -0.1) is 29.3 Å². The van der Waals surface area contributed by atoms with E-state index in [4.69, 9.17) is 19.6 Å². The standard InChI is InChI=1S/C57H58N3O.Pt/c1-35(2)41-31-49(36(3)4)54(61)50(32-41)55-59-53-48(18-15-19-52(53)60(55)47-30-42(38-16-13-12-14-17-38)27-46(34-47)57(9,10)11)43-26-44(29-45(28-43)56(6,7)8)51-33-40(24-25-58-51)39-22-20-37(5)21-23-39;/h12-25,27-36,61H,1-11H3;/q-1;/i5D3,20D,21D,22D,23D;. The van der Waals surface area contributed by atoms with Gasteiger partial charge in [0.15, 0.2) is 0 Å². The fraction of sp³-hybridized carbons (Fsp3) is 0.263. The Labute approximate surface area is 393 Å². The molecule has 0 spiro atoms. The summed E-state index contributed by atoms with van der Waals surface area (Å²) >= 11 is 0. The number of hydrogen-bond donors (Lipinski definition) is 1. The number of nitrogens with zero attached hydrogens (tertiary/aromatic N) is 3. The van der Waals surface area contributed by atoms with Gasteiger partial charge in [-0.3, -0.25) is 9.55 Å². The first-order valence-electron chi connectivity index (χ1n) is 24.6. The van der Waals surface area contributed by atoms with E-state index in [-0.39, 0.29) is 55.0 Å². The molecular formula is C57H58N3OPt-. The minimum atomic E-state index is -2.82. The number of aromatic nitrogens is 3. The molecule has 4 nitrogen and oxygen atoms in total. The average molecular weight is 1000 g/mol. The molecule has 0 unspecified atom stereocenters. The second-order valence-corrected chi connectivity index (χ2v) is 18.8. The van der Waals surface area contributed by atoms with E-state index in [1.54, 1.807) is 18.3 Å². The van der Waals surface area contributed by atoms with Gasteiger partial charge in [-0.25, -0.2) is 4.98 Å². The third-order valence-corrected chi connectivity index (χ3v) is 11.5. The van der Waals surface area contributed by atoms with Crippen LogP contribution in [0.5, 0.6) is 5.75 Å². The number of pyridine rings is 1. The maximum Gasteiger partial charge on any atom is 0.148 e.